The van der Waals surface area contributed by atoms with Crippen LogP contribution in [0.3, 0.4) is 0 Å². The maximum Gasteiger partial charge on any atom is 0.278 e. The number of hydrogen-bond donors (Lipinski definition) is 1. The maximum absolute atomic E-state index is 13.7. The standard InChI is InChI=1S/C27H28FN3O4/c1-2-21(12-8-9-17-35-24-14-7-6-13-22(24)28)30-19-29(18-20-10-4-3-5-11-20)31-16-15-23(32)26(33)25(31)27(30)34/h3-11,13-16,21,33H,2,12,17-19H2,1H3/b9-8+. The van der Waals surface area contributed by atoms with Gasteiger partial charge in [0, 0.05) is 18.3 Å². The van der Waals surface area contributed by atoms with Gasteiger partial charge in [-0.2, -0.15) is 0 Å². The van der Waals surface area contributed by atoms with Crippen molar-refractivity contribution in [3.8, 4) is 11.5 Å². The second-order valence-corrected chi connectivity index (χ2v) is 8.30. The van der Waals surface area contributed by atoms with Crippen molar-refractivity contribution in [1.29, 1.82) is 0 Å². The Kier molecular flexibility index (Phi) is 7.50. The summed E-state index contributed by atoms with van der Waals surface area (Å²) in [6.45, 7) is 2.96. The molecular weight excluding hydrogens is 449 g/mol. The number of hydrogen-bond acceptors (Lipinski definition) is 5. The van der Waals surface area contributed by atoms with Crippen LogP contribution in [-0.4, -0.2) is 39.9 Å². The number of carbonyl (C=O) groups is 1. The van der Waals surface area contributed by atoms with E-state index in [4.69, 9.17) is 4.74 Å². The number of para-hydroxylation sites is 1. The maximum atomic E-state index is 13.7. The van der Waals surface area contributed by atoms with Gasteiger partial charge in [0.15, 0.2) is 23.0 Å². The molecule has 1 aliphatic heterocycles. The molecule has 0 saturated heterocycles. The van der Waals surface area contributed by atoms with Crippen molar-refractivity contribution in [3.63, 3.8) is 0 Å². The van der Waals surface area contributed by atoms with Gasteiger partial charge in [0.1, 0.15) is 13.3 Å². The lowest BCUT2D eigenvalue weighted by atomic mass is 10.1. The largest absolute Gasteiger partial charge is 0.502 e. The molecule has 2 heterocycles. The van der Waals surface area contributed by atoms with E-state index in [-0.39, 0.29) is 24.1 Å². The molecule has 4 rings (SSSR count). The van der Waals surface area contributed by atoms with Crippen LogP contribution in [0.4, 0.5) is 4.39 Å². The highest BCUT2D eigenvalue weighted by Gasteiger charge is 2.35. The Morgan fingerprint density at radius 3 is 2.54 bits per heavy atom. The first-order valence-corrected chi connectivity index (χ1v) is 11.6. The average molecular weight is 478 g/mol. The fraction of sp³-hybridized carbons (Fsp3) is 0.259. The first kappa shape index (κ1) is 24.1. The van der Waals surface area contributed by atoms with Gasteiger partial charge in [0.25, 0.3) is 5.91 Å². The van der Waals surface area contributed by atoms with Crippen LogP contribution in [0.2, 0.25) is 0 Å². The molecule has 1 atom stereocenters. The highest BCUT2D eigenvalue weighted by atomic mass is 19.1. The Morgan fingerprint density at radius 1 is 1.06 bits per heavy atom. The number of amides is 1. The molecule has 0 radical (unpaired) electrons. The number of nitrogens with zero attached hydrogens (tertiary/aromatic N) is 3. The third-order valence-corrected chi connectivity index (χ3v) is 6.00. The molecule has 35 heavy (non-hydrogen) atoms. The van der Waals surface area contributed by atoms with Gasteiger partial charge in [-0.15, -0.1) is 0 Å². The van der Waals surface area contributed by atoms with E-state index in [0.29, 0.717) is 26.1 Å². The Balaban J connectivity index is 1.51. The van der Waals surface area contributed by atoms with Gasteiger partial charge in [-0.05, 0) is 30.5 Å². The zero-order valence-corrected chi connectivity index (χ0v) is 19.5. The normalized spacial score (nSPS) is 14.3. The zero-order chi connectivity index (χ0) is 24.8. The van der Waals surface area contributed by atoms with Crippen LogP contribution in [0.15, 0.2) is 83.8 Å². The first-order valence-electron chi connectivity index (χ1n) is 11.6. The molecule has 8 heteroatoms. The number of halogens is 1. The van der Waals surface area contributed by atoms with E-state index in [1.807, 2.05) is 48.3 Å². The quantitative estimate of drug-likeness (QED) is 0.471. The van der Waals surface area contributed by atoms with Crippen LogP contribution in [0, 0.1) is 5.82 Å². The van der Waals surface area contributed by atoms with Gasteiger partial charge >= 0.3 is 0 Å². The van der Waals surface area contributed by atoms with Crippen molar-refractivity contribution in [1.82, 2.24) is 9.58 Å². The number of pyridine rings is 1. The number of aromatic hydroxyl groups is 1. The zero-order valence-electron chi connectivity index (χ0n) is 19.5. The van der Waals surface area contributed by atoms with Crippen LogP contribution in [0.5, 0.6) is 11.5 Å². The molecule has 3 aromatic rings. The molecule has 1 aromatic heterocycles. The van der Waals surface area contributed by atoms with Crippen molar-refractivity contribution >= 4 is 5.91 Å². The van der Waals surface area contributed by atoms with Gasteiger partial charge in [-0.3, -0.25) is 19.3 Å². The number of ether oxygens (including phenoxy) is 1. The summed E-state index contributed by atoms with van der Waals surface area (Å²) in [7, 11) is 0. The Hall–Kier alpha value is -4.07. The van der Waals surface area contributed by atoms with Crippen molar-refractivity contribution in [2.75, 3.05) is 18.3 Å². The molecule has 0 aliphatic carbocycles. The summed E-state index contributed by atoms with van der Waals surface area (Å²) in [6.07, 6.45) is 6.43. The lowest BCUT2D eigenvalue weighted by molar-refractivity contribution is 0.0591. The van der Waals surface area contributed by atoms with E-state index in [1.54, 1.807) is 33.9 Å². The second-order valence-electron chi connectivity index (χ2n) is 8.30. The molecule has 1 amide bonds. The summed E-state index contributed by atoms with van der Waals surface area (Å²) in [5, 5.41) is 12.4. The summed E-state index contributed by atoms with van der Waals surface area (Å²) in [5.41, 5.74) is 0.401. The third-order valence-electron chi connectivity index (χ3n) is 6.00. The Morgan fingerprint density at radius 2 is 1.80 bits per heavy atom. The lowest BCUT2D eigenvalue weighted by Gasteiger charge is -2.42. The molecule has 0 fully saturated rings. The van der Waals surface area contributed by atoms with Crippen LogP contribution in [0.25, 0.3) is 0 Å². The highest BCUT2D eigenvalue weighted by molar-refractivity contribution is 5.96. The molecule has 1 unspecified atom stereocenters. The van der Waals surface area contributed by atoms with Crippen molar-refractivity contribution < 1.29 is 19.0 Å². The molecule has 2 aromatic carbocycles. The van der Waals surface area contributed by atoms with Gasteiger partial charge in [0.05, 0.1) is 6.54 Å². The smallest absolute Gasteiger partial charge is 0.278 e. The fourth-order valence-corrected chi connectivity index (χ4v) is 4.13. The highest BCUT2D eigenvalue weighted by Crippen LogP contribution is 2.25. The summed E-state index contributed by atoms with van der Waals surface area (Å²) in [6, 6.07) is 17.1. The van der Waals surface area contributed by atoms with E-state index in [0.717, 1.165) is 5.56 Å². The summed E-state index contributed by atoms with van der Waals surface area (Å²) in [4.78, 5) is 27.2. The fourth-order valence-electron chi connectivity index (χ4n) is 4.13. The van der Waals surface area contributed by atoms with E-state index < -0.39 is 22.9 Å². The second kappa shape index (κ2) is 10.9. The summed E-state index contributed by atoms with van der Waals surface area (Å²) in [5.74, 6) is -1.18. The molecule has 0 saturated carbocycles. The topological polar surface area (TPSA) is 75.0 Å². The number of benzene rings is 2. The van der Waals surface area contributed by atoms with Gasteiger partial charge in [-0.1, -0.05) is 61.5 Å². The molecular formula is C27H28FN3O4. The summed E-state index contributed by atoms with van der Waals surface area (Å²) >= 11 is 0. The van der Waals surface area contributed by atoms with Crippen LogP contribution < -0.4 is 15.2 Å². The van der Waals surface area contributed by atoms with Gasteiger partial charge in [-0.25, -0.2) is 4.39 Å². The minimum absolute atomic E-state index is 0.0370. The monoisotopic (exact) mass is 477 g/mol. The minimum atomic E-state index is -0.593. The third kappa shape index (κ3) is 5.37. The number of rotatable bonds is 9. The van der Waals surface area contributed by atoms with Crippen molar-refractivity contribution in [3.05, 3.63) is 106 Å². The Labute approximate surface area is 203 Å². The molecule has 0 spiro atoms. The predicted octanol–water partition coefficient (Wildman–Crippen LogP) is 4.05. The summed E-state index contributed by atoms with van der Waals surface area (Å²) < 4.78 is 20.7. The van der Waals surface area contributed by atoms with E-state index in [1.165, 1.54) is 18.3 Å². The van der Waals surface area contributed by atoms with E-state index in [2.05, 4.69) is 0 Å². The van der Waals surface area contributed by atoms with Crippen molar-refractivity contribution in [2.45, 2.75) is 32.4 Å². The van der Waals surface area contributed by atoms with Crippen molar-refractivity contribution in [2.24, 2.45) is 0 Å². The molecule has 7 nitrogen and oxygen atoms in total. The minimum Gasteiger partial charge on any atom is -0.502 e. The van der Waals surface area contributed by atoms with E-state index >= 15 is 0 Å². The van der Waals surface area contributed by atoms with E-state index in [9.17, 15) is 19.1 Å². The predicted molar refractivity (Wildman–Crippen MR) is 131 cm³/mol. The number of fused-ring (bicyclic) bond motifs is 1. The van der Waals surface area contributed by atoms with Gasteiger partial charge < -0.3 is 14.7 Å². The molecule has 0 bridgehead atoms. The lowest BCUT2D eigenvalue weighted by Crippen LogP contribution is -2.56. The van der Waals surface area contributed by atoms with Gasteiger partial charge in [0.2, 0.25) is 5.43 Å². The first-order chi connectivity index (χ1) is 17.0. The number of carbonyl (C=O) groups excluding carboxylic acids is 1. The SMILES string of the molecule is CCC(C/C=C/COc1ccccc1F)N1CN(Cc2ccccc2)n2ccc(=O)c(O)c2C1=O. The Bertz CT molecular complexity index is 1260. The van der Waals surface area contributed by atoms with Crippen LogP contribution >= 0.6 is 0 Å². The number of aromatic nitrogens is 1. The average Bonchev–Trinajstić information content (AvgIpc) is 2.87. The molecule has 1 N–H and O–H groups in total. The van der Waals surface area contributed by atoms with Crippen LogP contribution in [-0.2, 0) is 6.54 Å². The van der Waals surface area contributed by atoms with Crippen LogP contribution in [0.1, 0.15) is 35.8 Å². The molecule has 182 valence electrons. The molecule has 1 aliphatic rings.